The zero-order chi connectivity index (χ0) is 11.9. The number of esters is 1. The van der Waals surface area contributed by atoms with Crippen LogP contribution in [0.15, 0.2) is 12.7 Å². The Kier molecular flexibility index (Phi) is 6.52. The first-order valence-electron chi connectivity index (χ1n) is 5.42. The Hall–Kier alpha value is -0.613. The molecule has 0 aliphatic heterocycles. The van der Waals surface area contributed by atoms with Gasteiger partial charge in [0, 0.05) is 6.08 Å². The number of hydrogen-bond acceptors (Lipinski definition) is 3. The van der Waals surface area contributed by atoms with Gasteiger partial charge in [-0.15, -0.1) is 0 Å². The van der Waals surface area contributed by atoms with Crippen molar-refractivity contribution in [3.63, 3.8) is 0 Å². The first kappa shape index (κ1) is 14.4. The van der Waals surface area contributed by atoms with Crippen molar-refractivity contribution in [2.24, 2.45) is 0 Å². The maximum absolute atomic E-state index is 10.9. The van der Waals surface area contributed by atoms with Gasteiger partial charge in [0.15, 0.2) is 14.6 Å². The molecule has 0 radical (unpaired) electrons. The topological polar surface area (TPSA) is 35.5 Å². The smallest absolute Gasteiger partial charge is 0.332 e. The second-order valence-electron chi connectivity index (χ2n) is 4.19. The molecule has 0 N–H and O–H groups in total. The van der Waals surface area contributed by atoms with Gasteiger partial charge in [-0.1, -0.05) is 26.3 Å². The molecule has 4 heteroatoms. The van der Waals surface area contributed by atoms with Gasteiger partial charge >= 0.3 is 5.97 Å². The molecule has 0 aromatic rings. The lowest BCUT2D eigenvalue weighted by Gasteiger charge is -2.26. The van der Waals surface area contributed by atoms with Gasteiger partial charge in [-0.2, -0.15) is 0 Å². The molecule has 0 aromatic carbocycles. The highest BCUT2D eigenvalue weighted by Gasteiger charge is 2.25. The summed E-state index contributed by atoms with van der Waals surface area (Å²) in [4.78, 5) is 10.9. The van der Waals surface area contributed by atoms with Crippen LogP contribution in [-0.4, -0.2) is 20.6 Å². The molecule has 0 spiro atoms. The van der Waals surface area contributed by atoms with E-state index in [1.165, 1.54) is 12.8 Å². The molecule has 15 heavy (non-hydrogen) atoms. The Balaban J connectivity index is 3.97. The number of hydrogen-bond donors (Lipinski definition) is 0. The molecule has 0 rings (SSSR count). The SMILES string of the molecule is C=CC(=O)OC(C)O[Si](C)(C)CCCC. The van der Waals surface area contributed by atoms with Gasteiger partial charge in [0.25, 0.3) is 0 Å². The van der Waals surface area contributed by atoms with Crippen molar-refractivity contribution >= 4 is 14.3 Å². The van der Waals surface area contributed by atoms with Gasteiger partial charge in [-0.3, -0.25) is 0 Å². The molecule has 0 aliphatic rings. The number of carbonyl (C=O) groups is 1. The number of unbranched alkanes of at least 4 members (excludes halogenated alkanes) is 1. The quantitative estimate of drug-likeness (QED) is 0.292. The zero-order valence-electron chi connectivity index (χ0n) is 10.2. The molecule has 0 saturated heterocycles. The zero-order valence-corrected chi connectivity index (χ0v) is 11.2. The van der Waals surface area contributed by atoms with Gasteiger partial charge < -0.3 is 9.16 Å². The van der Waals surface area contributed by atoms with Crippen molar-refractivity contribution in [3.05, 3.63) is 12.7 Å². The maximum atomic E-state index is 10.9. The van der Waals surface area contributed by atoms with Gasteiger partial charge in [-0.05, 0) is 26.1 Å². The Morgan fingerprint density at radius 2 is 2.13 bits per heavy atom. The van der Waals surface area contributed by atoms with E-state index >= 15 is 0 Å². The summed E-state index contributed by atoms with van der Waals surface area (Å²) in [7, 11) is -1.68. The lowest BCUT2D eigenvalue weighted by Crippen LogP contribution is -2.36. The van der Waals surface area contributed by atoms with Crippen LogP contribution >= 0.6 is 0 Å². The van der Waals surface area contributed by atoms with E-state index in [2.05, 4.69) is 26.6 Å². The predicted octanol–water partition coefficient (Wildman–Crippen LogP) is 3.08. The maximum Gasteiger partial charge on any atom is 0.332 e. The first-order chi connectivity index (χ1) is 6.91. The summed E-state index contributed by atoms with van der Waals surface area (Å²) in [5.74, 6) is -0.428. The van der Waals surface area contributed by atoms with E-state index in [9.17, 15) is 4.79 Å². The minimum atomic E-state index is -1.68. The molecular weight excluding hydrogens is 208 g/mol. The second-order valence-corrected chi connectivity index (χ2v) is 8.44. The minimum absolute atomic E-state index is 0.428. The van der Waals surface area contributed by atoms with Crippen LogP contribution in [0.4, 0.5) is 0 Å². The molecule has 0 saturated carbocycles. The monoisotopic (exact) mass is 230 g/mol. The third-order valence-electron chi connectivity index (χ3n) is 2.07. The average molecular weight is 230 g/mol. The van der Waals surface area contributed by atoms with E-state index < -0.39 is 20.6 Å². The molecule has 0 heterocycles. The van der Waals surface area contributed by atoms with Gasteiger partial charge in [-0.25, -0.2) is 4.79 Å². The first-order valence-corrected chi connectivity index (χ1v) is 8.53. The van der Waals surface area contributed by atoms with Crippen LogP contribution in [0.1, 0.15) is 26.7 Å². The van der Waals surface area contributed by atoms with Crippen LogP contribution in [0.3, 0.4) is 0 Å². The molecule has 0 aliphatic carbocycles. The van der Waals surface area contributed by atoms with Crippen LogP contribution in [0.2, 0.25) is 19.1 Å². The molecule has 0 aromatic heterocycles. The van der Waals surface area contributed by atoms with E-state index in [0.717, 1.165) is 12.1 Å². The molecular formula is C11H22O3Si. The molecule has 3 nitrogen and oxygen atoms in total. The van der Waals surface area contributed by atoms with Gasteiger partial charge in [0.05, 0.1) is 0 Å². The summed E-state index contributed by atoms with van der Waals surface area (Å²) in [5.41, 5.74) is 0. The molecule has 0 fully saturated rings. The number of rotatable bonds is 7. The van der Waals surface area contributed by atoms with Crippen molar-refractivity contribution in [2.45, 2.75) is 52.1 Å². The molecule has 88 valence electrons. The highest BCUT2D eigenvalue weighted by Crippen LogP contribution is 2.17. The molecule has 1 unspecified atom stereocenters. The summed E-state index contributed by atoms with van der Waals surface area (Å²) in [6.07, 6.45) is 3.02. The minimum Gasteiger partial charge on any atom is -0.434 e. The van der Waals surface area contributed by atoms with E-state index in [-0.39, 0.29) is 0 Å². The van der Waals surface area contributed by atoms with E-state index in [0.29, 0.717) is 0 Å². The summed E-state index contributed by atoms with van der Waals surface area (Å²) in [6, 6.07) is 1.10. The summed E-state index contributed by atoms with van der Waals surface area (Å²) >= 11 is 0. The summed E-state index contributed by atoms with van der Waals surface area (Å²) in [6.45, 7) is 11.5. The van der Waals surface area contributed by atoms with Crippen LogP contribution in [0.25, 0.3) is 0 Å². The van der Waals surface area contributed by atoms with Crippen LogP contribution in [0.5, 0.6) is 0 Å². The largest absolute Gasteiger partial charge is 0.434 e. The standard InChI is InChI=1S/C11H22O3Si/c1-6-8-9-15(4,5)14-10(3)13-11(12)7-2/h7,10H,2,6,8-9H2,1,3-5H3. The van der Waals surface area contributed by atoms with Crippen molar-refractivity contribution in [1.82, 2.24) is 0 Å². The number of ether oxygens (including phenoxy) is 1. The van der Waals surface area contributed by atoms with E-state index in [1.807, 2.05) is 0 Å². The van der Waals surface area contributed by atoms with Crippen molar-refractivity contribution in [2.75, 3.05) is 0 Å². The van der Waals surface area contributed by atoms with Crippen LogP contribution in [0, 0.1) is 0 Å². The predicted molar refractivity (Wildman–Crippen MR) is 64.0 cm³/mol. The molecule has 0 bridgehead atoms. The summed E-state index contributed by atoms with van der Waals surface area (Å²) < 4.78 is 10.7. The highest BCUT2D eigenvalue weighted by atomic mass is 28.4. The third-order valence-corrected chi connectivity index (χ3v) is 4.59. The average Bonchev–Trinajstić information content (AvgIpc) is 2.13. The lowest BCUT2D eigenvalue weighted by molar-refractivity contribution is -0.155. The van der Waals surface area contributed by atoms with E-state index in [1.54, 1.807) is 6.92 Å². The lowest BCUT2D eigenvalue weighted by atomic mass is 10.4. The third kappa shape index (κ3) is 7.33. The fraction of sp³-hybridized carbons (Fsp3) is 0.727. The number of carbonyl (C=O) groups excluding carboxylic acids is 1. The Bertz CT molecular complexity index is 214. The van der Waals surface area contributed by atoms with Crippen molar-refractivity contribution in [1.29, 1.82) is 0 Å². The van der Waals surface area contributed by atoms with Crippen molar-refractivity contribution in [3.8, 4) is 0 Å². The fourth-order valence-corrected chi connectivity index (χ4v) is 3.62. The van der Waals surface area contributed by atoms with E-state index in [4.69, 9.17) is 9.16 Å². The Labute approximate surface area is 93.6 Å². The van der Waals surface area contributed by atoms with Gasteiger partial charge in [0.2, 0.25) is 0 Å². The second kappa shape index (κ2) is 6.79. The molecule has 1 atom stereocenters. The Morgan fingerprint density at radius 3 is 2.60 bits per heavy atom. The van der Waals surface area contributed by atoms with Crippen molar-refractivity contribution < 1.29 is 14.0 Å². The highest BCUT2D eigenvalue weighted by molar-refractivity contribution is 6.71. The summed E-state index contributed by atoms with van der Waals surface area (Å²) in [5, 5.41) is 0. The van der Waals surface area contributed by atoms with Crippen LogP contribution in [-0.2, 0) is 14.0 Å². The van der Waals surface area contributed by atoms with Crippen LogP contribution < -0.4 is 0 Å². The Morgan fingerprint density at radius 1 is 1.53 bits per heavy atom. The normalized spacial score (nSPS) is 13.3. The fourth-order valence-electron chi connectivity index (χ4n) is 1.35. The van der Waals surface area contributed by atoms with Gasteiger partial charge in [0.1, 0.15) is 0 Å². The molecule has 0 amide bonds.